The molecule has 0 bridgehead atoms. The van der Waals surface area contributed by atoms with E-state index in [1.54, 1.807) is 32.6 Å². The standard InChI is InChI=1S/C14H16N2O3/c1-9-12(19-14(18)15(2)3)10-7-5-6-8-11(10)16(4)13(9)17/h5-8H,1-4H3. The maximum Gasteiger partial charge on any atom is 0.414 e. The van der Waals surface area contributed by atoms with Gasteiger partial charge in [-0.1, -0.05) is 12.1 Å². The third kappa shape index (κ3) is 2.19. The number of carbonyl (C=O) groups is 1. The van der Waals surface area contributed by atoms with E-state index < -0.39 is 6.09 Å². The molecule has 0 unspecified atom stereocenters. The minimum absolute atomic E-state index is 0.166. The first-order valence-electron chi connectivity index (χ1n) is 5.91. The second-order valence-corrected chi connectivity index (χ2v) is 4.60. The van der Waals surface area contributed by atoms with Gasteiger partial charge >= 0.3 is 6.09 Å². The molecule has 0 fully saturated rings. The fraction of sp³-hybridized carbons (Fsp3) is 0.286. The molecule has 0 saturated heterocycles. The Bertz CT molecular complexity index is 702. The van der Waals surface area contributed by atoms with Crippen LogP contribution in [0.4, 0.5) is 4.79 Å². The lowest BCUT2D eigenvalue weighted by Gasteiger charge is -2.15. The van der Waals surface area contributed by atoms with Gasteiger partial charge in [-0.05, 0) is 19.1 Å². The monoisotopic (exact) mass is 260 g/mol. The number of fused-ring (bicyclic) bond motifs is 1. The highest BCUT2D eigenvalue weighted by atomic mass is 16.6. The van der Waals surface area contributed by atoms with Gasteiger partial charge in [0.1, 0.15) is 0 Å². The van der Waals surface area contributed by atoms with Crippen LogP contribution >= 0.6 is 0 Å². The van der Waals surface area contributed by atoms with Crippen molar-refractivity contribution in [3.8, 4) is 5.75 Å². The van der Waals surface area contributed by atoms with Crippen molar-refractivity contribution in [1.29, 1.82) is 0 Å². The zero-order chi connectivity index (χ0) is 14.2. The number of ether oxygens (including phenoxy) is 1. The number of pyridine rings is 1. The first-order valence-corrected chi connectivity index (χ1v) is 5.91. The fourth-order valence-electron chi connectivity index (χ4n) is 1.93. The summed E-state index contributed by atoms with van der Waals surface area (Å²) in [5.41, 5.74) is 0.997. The van der Waals surface area contributed by atoms with Gasteiger partial charge in [0.25, 0.3) is 5.56 Å². The van der Waals surface area contributed by atoms with Crippen molar-refractivity contribution in [2.75, 3.05) is 14.1 Å². The van der Waals surface area contributed by atoms with Crippen LogP contribution in [0.25, 0.3) is 10.9 Å². The summed E-state index contributed by atoms with van der Waals surface area (Å²) in [6.07, 6.45) is -0.499. The highest BCUT2D eigenvalue weighted by molar-refractivity contribution is 5.89. The lowest BCUT2D eigenvalue weighted by molar-refractivity contribution is 0.172. The molecular formula is C14H16N2O3. The van der Waals surface area contributed by atoms with Crippen LogP contribution in [-0.4, -0.2) is 29.7 Å². The Balaban J connectivity index is 2.73. The molecule has 0 N–H and O–H groups in total. The van der Waals surface area contributed by atoms with Crippen molar-refractivity contribution in [2.24, 2.45) is 7.05 Å². The molecule has 19 heavy (non-hydrogen) atoms. The van der Waals surface area contributed by atoms with E-state index in [-0.39, 0.29) is 5.56 Å². The molecule has 0 aliphatic rings. The molecule has 5 nitrogen and oxygen atoms in total. The number of para-hydroxylation sites is 1. The van der Waals surface area contributed by atoms with E-state index in [2.05, 4.69) is 0 Å². The molecule has 1 aromatic heterocycles. The third-order valence-corrected chi connectivity index (χ3v) is 3.03. The van der Waals surface area contributed by atoms with E-state index in [0.717, 1.165) is 10.9 Å². The average Bonchev–Trinajstić information content (AvgIpc) is 2.40. The zero-order valence-electron chi connectivity index (χ0n) is 11.4. The number of nitrogens with zero attached hydrogens (tertiary/aromatic N) is 2. The third-order valence-electron chi connectivity index (χ3n) is 3.03. The molecule has 0 aliphatic carbocycles. The molecule has 0 saturated carbocycles. The lowest BCUT2D eigenvalue weighted by atomic mass is 10.1. The van der Waals surface area contributed by atoms with E-state index >= 15 is 0 Å². The Labute approximate surface area is 111 Å². The van der Waals surface area contributed by atoms with E-state index in [0.29, 0.717) is 11.3 Å². The number of hydrogen-bond donors (Lipinski definition) is 0. The largest absolute Gasteiger partial charge is 0.414 e. The van der Waals surface area contributed by atoms with Crippen molar-refractivity contribution in [3.63, 3.8) is 0 Å². The van der Waals surface area contributed by atoms with Gasteiger partial charge in [0.15, 0.2) is 5.75 Å². The Morgan fingerprint density at radius 1 is 1.26 bits per heavy atom. The predicted octanol–water partition coefficient (Wildman–Crippen LogP) is 1.91. The summed E-state index contributed by atoms with van der Waals surface area (Å²) in [4.78, 5) is 25.1. The summed E-state index contributed by atoms with van der Waals surface area (Å²) in [5.74, 6) is 0.331. The van der Waals surface area contributed by atoms with Gasteiger partial charge in [0.2, 0.25) is 0 Å². The van der Waals surface area contributed by atoms with Gasteiger partial charge in [-0.25, -0.2) is 4.79 Å². The molecule has 0 radical (unpaired) electrons. The highest BCUT2D eigenvalue weighted by Crippen LogP contribution is 2.26. The van der Waals surface area contributed by atoms with Gasteiger partial charge in [-0.15, -0.1) is 0 Å². The number of carbonyl (C=O) groups excluding carboxylic acids is 1. The smallest absolute Gasteiger partial charge is 0.409 e. The summed E-state index contributed by atoms with van der Waals surface area (Å²) in [5, 5.41) is 0.748. The van der Waals surface area contributed by atoms with Crippen LogP contribution in [0.2, 0.25) is 0 Å². The van der Waals surface area contributed by atoms with E-state index in [9.17, 15) is 9.59 Å². The van der Waals surface area contributed by atoms with Crippen LogP contribution in [0.15, 0.2) is 29.1 Å². The Morgan fingerprint density at radius 2 is 1.89 bits per heavy atom. The molecule has 0 atom stereocenters. The minimum atomic E-state index is -0.499. The normalized spacial score (nSPS) is 10.5. The Kier molecular flexibility index (Phi) is 3.29. The molecular weight excluding hydrogens is 244 g/mol. The summed E-state index contributed by atoms with van der Waals surface area (Å²) in [7, 11) is 4.90. The molecule has 2 rings (SSSR count). The number of benzene rings is 1. The molecule has 0 spiro atoms. The lowest BCUT2D eigenvalue weighted by Crippen LogP contribution is -2.28. The SMILES string of the molecule is Cc1c(OC(=O)N(C)C)c2ccccc2n(C)c1=O. The first-order chi connectivity index (χ1) is 8.93. The molecule has 1 heterocycles. The minimum Gasteiger partial charge on any atom is -0.409 e. The number of aromatic nitrogens is 1. The van der Waals surface area contributed by atoms with Crippen LogP contribution in [0.5, 0.6) is 5.75 Å². The van der Waals surface area contributed by atoms with Crippen molar-refractivity contribution < 1.29 is 9.53 Å². The van der Waals surface area contributed by atoms with Crippen molar-refractivity contribution in [2.45, 2.75) is 6.92 Å². The summed E-state index contributed by atoms with van der Waals surface area (Å²) < 4.78 is 6.88. The number of hydrogen-bond acceptors (Lipinski definition) is 3. The topological polar surface area (TPSA) is 51.5 Å². The number of rotatable bonds is 1. The van der Waals surface area contributed by atoms with Crippen molar-refractivity contribution >= 4 is 17.0 Å². The molecule has 5 heteroatoms. The molecule has 1 amide bonds. The second-order valence-electron chi connectivity index (χ2n) is 4.60. The molecule has 0 aliphatic heterocycles. The van der Waals surface area contributed by atoms with Crippen LogP contribution < -0.4 is 10.3 Å². The van der Waals surface area contributed by atoms with E-state index in [1.165, 1.54) is 4.90 Å². The van der Waals surface area contributed by atoms with Gasteiger partial charge in [0, 0.05) is 26.5 Å². The average molecular weight is 260 g/mol. The van der Waals surface area contributed by atoms with E-state index in [1.807, 2.05) is 24.3 Å². The van der Waals surface area contributed by atoms with Crippen molar-refractivity contribution in [3.05, 3.63) is 40.2 Å². The van der Waals surface area contributed by atoms with Crippen LogP contribution in [0, 0.1) is 6.92 Å². The zero-order valence-corrected chi connectivity index (χ0v) is 11.4. The van der Waals surface area contributed by atoms with Gasteiger partial charge < -0.3 is 14.2 Å². The van der Waals surface area contributed by atoms with E-state index in [4.69, 9.17) is 4.74 Å². The maximum atomic E-state index is 12.1. The van der Waals surface area contributed by atoms with Gasteiger partial charge in [-0.3, -0.25) is 4.79 Å². The first kappa shape index (κ1) is 13.1. The fourth-order valence-corrected chi connectivity index (χ4v) is 1.93. The molecule has 2 aromatic rings. The Hall–Kier alpha value is -2.30. The molecule has 1 aromatic carbocycles. The van der Waals surface area contributed by atoms with Gasteiger partial charge in [-0.2, -0.15) is 0 Å². The number of aryl methyl sites for hydroxylation is 1. The Morgan fingerprint density at radius 3 is 2.53 bits per heavy atom. The summed E-state index contributed by atoms with van der Waals surface area (Å²) in [6.45, 7) is 1.66. The number of amides is 1. The second kappa shape index (κ2) is 4.76. The maximum absolute atomic E-state index is 12.1. The van der Waals surface area contributed by atoms with Crippen LogP contribution in [0.1, 0.15) is 5.56 Å². The summed E-state index contributed by atoms with van der Waals surface area (Å²) in [6, 6.07) is 7.34. The highest BCUT2D eigenvalue weighted by Gasteiger charge is 2.16. The van der Waals surface area contributed by atoms with Crippen LogP contribution in [0.3, 0.4) is 0 Å². The van der Waals surface area contributed by atoms with Gasteiger partial charge in [0.05, 0.1) is 11.1 Å². The quantitative estimate of drug-likeness (QED) is 0.787. The predicted molar refractivity (Wildman–Crippen MR) is 73.6 cm³/mol. The summed E-state index contributed by atoms with van der Waals surface area (Å²) >= 11 is 0. The van der Waals surface area contributed by atoms with Crippen molar-refractivity contribution in [1.82, 2.24) is 9.47 Å². The van der Waals surface area contributed by atoms with Crippen LogP contribution in [-0.2, 0) is 7.05 Å². The molecule has 100 valence electrons.